The molecule has 0 bridgehead atoms. The molecule has 1 amide bonds. The summed E-state index contributed by atoms with van der Waals surface area (Å²) >= 11 is 0. The SMILES string of the molecule is CC(C)C(=O)N1CC(Cc2cc(C(C)(C)C)ncn2)C1. The molecule has 0 aromatic carbocycles. The van der Waals surface area contributed by atoms with Crippen molar-refractivity contribution >= 4 is 5.91 Å². The number of carbonyl (C=O) groups is 1. The molecule has 1 saturated heterocycles. The van der Waals surface area contributed by atoms with Crippen LogP contribution in [0.3, 0.4) is 0 Å². The molecule has 0 N–H and O–H groups in total. The zero-order valence-corrected chi connectivity index (χ0v) is 13.2. The Labute approximate surface area is 121 Å². The Morgan fingerprint density at radius 3 is 2.55 bits per heavy atom. The second kappa shape index (κ2) is 5.51. The Kier molecular flexibility index (Phi) is 4.11. The quantitative estimate of drug-likeness (QED) is 0.851. The van der Waals surface area contributed by atoms with E-state index in [1.54, 1.807) is 6.33 Å². The fourth-order valence-electron chi connectivity index (χ4n) is 2.46. The number of likely N-dealkylation sites (tertiary alicyclic amines) is 1. The smallest absolute Gasteiger partial charge is 0.225 e. The summed E-state index contributed by atoms with van der Waals surface area (Å²) in [7, 11) is 0. The maximum absolute atomic E-state index is 11.8. The van der Waals surface area contributed by atoms with Gasteiger partial charge in [-0.25, -0.2) is 9.97 Å². The molecule has 1 fully saturated rings. The molecule has 1 aliphatic heterocycles. The Morgan fingerprint density at radius 2 is 2.00 bits per heavy atom. The van der Waals surface area contributed by atoms with Gasteiger partial charge in [-0.15, -0.1) is 0 Å². The molecule has 2 heterocycles. The number of rotatable bonds is 3. The third-order valence-corrected chi connectivity index (χ3v) is 3.75. The van der Waals surface area contributed by atoms with E-state index in [0.717, 1.165) is 30.9 Å². The van der Waals surface area contributed by atoms with Gasteiger partial charge >= 0.3 is 0 Å². The van der Waals surface area contributed by atoms with Crippen LogP contribution in [-0.4, -0.2) is 33.9 Å². The van der Waals surface area contributed by atoms with Crippen LogP contribution in [-0.2, 0) is 16.6 Å². The molecule has 0 spiro atoms. The summed E-state index contributed by atoms with van der Waals surface area (Å²) in [6.45, 7) is 12.1. The Bertz CT molecular complexity index is 485. The van der Waals surface area contributed by atoms with Gasteiger partial charge < -0.3 is 4.90 Å². The van der Waals surface area contributed by atoms with Crippen molar-refractivity contribution in [3.05, 3.63) is 23.8 Å². The van der Waals surface area contributed by atoms with Crippen LogP contribution < -0.4 is 0 Å². The largest absolute Gasteiger partial charge is 0.342 e. The van der Waals surface area contributed by atoms with E-state index >= 15 is 0 Å². The van der Waals surface area contributed by atoms with Crippen molar-refractivity contribution in [3.8, 4) is 0 Å². The molecule has 0 radical (unpaired) electrons. The minimum atomic E-state index is 0.0525. The first-order valence-corrected chi connectivity index (χ1v) is 7.37. The van der Waals surface area contributed by atoms with Crippen molar-refractivity contribution in [1.82, 2.24) is 14.9 Å². The van der Waals surface area contributed by atoms with Crippen LogP contribution in [0.15, 0.2) is 12.4 Å². The van der Waals surface area contributed by atoms with Crippen LogP contribution in [0.25, 0.3) is 0 Å². The second-order valence-electron chi connectivity index (χ2n) is 7.11. The van der Waals surface area contributed by atoms with E-state index in [4.69, 9.17) is 0 Å². The van der Waals surface area contributed by atoms with Crippen molar-refractivity contribution in [2.75, 3.05) is 13.1 Å². The molecule has 4 nitrogen and oxygen atoms in total. The minimum Gasteiger partial charge on any atom is -0.342 e. The molecular weight excluding hydrogens is 250 g/mol. The van der Waals surface area contributed by atoms with Gasteiger partial charge in [0, 0.05) is 35.8 Å². The molecule has 20 heavy (non-hydrogen) atoms. The van der Waals surface area contributed by atoms with Gasteiger partial charge in [-0.05, 0) is 18.4 Å². The number of aromatic nitrogens is 2. The first kappa shape index (κ1) is 14.9. The summed E-state index contributed by atoms with van der Waals surface area (Å²) in [6.07, 6.45) is 2.60. The molecular formula is C16H25N3O. The standard InChI is InChI=1S/C16H25N3O/c1-11(2)15(20)19-8-12(9-19)6-13-7-14(16(3,4)5)18-10-17-13/h7,10-12H,6,8-9H2,1-5H3. The number of hydrogen-bond donors (Lipinski definition) is 0. The second-order valence-corrected chi connectivity index (χ2v) is 7.11. The highest BCUT2D eigenvalue weighted by molar-refractivity contribution is 5.78. The summed E-state index contributed by atoms with van der Waals surface area (Å²) in [6, 6.07) is 2.10. The molecule has 1 aromatic rings. The van der Waals surface area contributed by atoms with Gasteiger partial charge in [0.1, 0.15) is 6.33 Å². The molecule has 0 aliphatic carbocycles. The lowest BCUT2D eigenvalue weighted by Gasteiger charge is -2.40. The lowest BCUT2D eigenvalue weighted by molar-refractivity contribution is -0.140. The van der Waals surface area contributed by atoms with E-state index < -0.39 is 0 Å². The average Bonchev–Trinajstić information content (AvgIpc) is 2.31. The fourth-order valence-corrected chi connectivity index (χ4v) is 2.46. The first-order chi connectivity index (χ1) is 9.27. The number of hydrogen-bond acceptors (Lipinski definition) is 3. The van der Waals surface area contributed by atoms with Crippen LogP contribution in [0.1, 0.15) is 46.0 Å². The van der Waals surface area contributed by atoms with E-state index in [1.807, 2.05) is 18.7 Å². The maximum Gasteiger partial charge on any atom is 0.225 e. The van der Waals surface area contributed by atoms with Gasteiger partial charge in [-0.3, -0.25) is 4.79 Å². The molecule has 2 rings (SSSR count). The molecule has 0 atom stereocenters. The average molecular weight is 275 g/mol. The van der Waals surface area contributed by atoms with Gasteiger partial charge in [-0.2, -0.15) is 0 Å². The van der Waals surface area contributed by atoms with Crippen molar-refractivity contribution in [1.29, 1.82) is 0 Å². The zero-order chi connectivity index (χ0) is 14.9. The number of amides is 1. The van der Waals surface area contributed by atoms with Crippen molar-refractivity contribution in [3.63, 3.8) is 0 Å². The van der Waals surface area contributed by atoms with E-state index in [0.29, 0.717) is 5.92 Å². The maximum atomic E-state index is 11.8. The fraction of sp³-hybridized carbons (Fsp3) is 0.688. The van der Waals surface area contributed by atoms with Gasteiger partial charge in [0.2, 0.25) is 5.91 Å². The van der Waals surface area contributed by atoms with E-state index in [1.165, 1.54) is 0 Å². The van der Waals surface area contributed by atoms with Crippen LogP contribution in [0, 0.1) is 11.8 Å². The highest BCUT2D eigenvalue weighted by Crippen LogP contribution is 2.24. The van der Waals surface area contributed by atoms with Crippen LogP contribution in [0.5, 0.6) is 0 Å². The summed E-state index contributed by atoms with van der Waals surface area (Å²) in [5.41, 5.74) is 2.22. The highest BCUT2D eigenvalue weighted by atomic mass is 16.2. The summed E-state index contributed by atoms with van der Waals surface area (Å²) < 4.78 is 0. The number of nitrogens with zero attached hydrogens (tertiary/aromatic N) is 3. The first-order valence-electron chi connectivity index (χ1n) is 7.37. The normalized spacial score (nSPS) is 16.4. The molecule has 1 aromatic heterocycles. The predicted octanol–water partition coefficient (Wildman–Crippen LogP) is 2.43. The van der Waals surface area contributed by atoms with Crippen molar-refractivity contribution in [2.24, 2.45) is 11.8 Å². The third kappa shape index (κ3) is 3.35. The molecule has 1 aliphatic rings. The summed E-state index contributed by atoms with van der Waals surface area (Å²) in [5, 5.41) is 0. The van der Waals surface area contributed by atoms with Crippen LogP contribution >= 0.6 is 0 Å². The van der Waals surface area contributed by atoms with Gasteiger partial charge in [0.05, 0.1) is 0 Å². The van der Waals surface area contributed by atoms with Crippen LogP contribution in [0.4, 0.5) is 0 Å². The summed E-state index contributed by atoms with van der Waals surface area (Å²) in [4.78, 5) is 22.5. The third-order valence-electron chi connectivity index (χ3n) is 3.75. The molecule has 110 valence electrons. The van der Waals surface area contributed by atoms with Crippen molar-refractivity contribution < 1.29 is 4.79 Å². The minimum absolute atomic E-state index is 0.0525. The topological polar surface area (TPSA) is 46.1 Å². The predicted molar refractivity (Wildman–Crippen MR) is 79.3 cm³/mol. The lowest BCUT2D eigenvalue weighted by Crippen LogP contribution is -2.52. The van der Waals surface area contributed by atoms with Gasteiger partial charge in [0.25, 0.3) is 0 Å². The lowest BCUT2D eigenvalue weighted by atomic mass is 9.89. The van der Waals surface area contributed by atoms with E-state index in [2.05, 4.69) is 36.8 Å². The number of carbonyl (C=O) groups excluding carboxylic acids is 1. The van der Waals surface area contributed by atoms with Gasteiger partial charge in [-0.1, -0.05) is 34.6 Å². The Morgan fingerprint density at radius 1 is 1.35 bits per heavy atom. The molecule has 0 saturated carbocycles. The van der Waals surface area contributed by atoms with Crippen LogP contribution in [0.2, 0.25) is 0 Å². The Hall–Kier alpha value is -1.45. The van der Waals surface area contributed by atoms with E-state index in [9.17, 15) is 4.79 Å². The molecule has 0 unspecified atom stereocenters. The van der Waals surface area contributed by atoms with Crippen molar-refractivity contribution in [2.45, 2.75) is 46.5 Å². The monoisotopic (exact) mass is 275 g/mol. The highest BCUT2D eigenvalue weighted by Gasteiger charge is 2.32. The Balaban J connectivity index is 1.92. The molecule has 4 heteroatoms. The zero-order valence-electron chi connectivity index (χ0n) is 13.2. The summed E-state index contributed by atoms with van der Waals surface area (Å²) in [5.74, 6) is 0.905. The van der Waals surface area contributed by atoms with Gasteiger partial charge in [0.15, 0.2) is 0 Å². The van der Waals surface area contributed by atoms with E-state index in [-0.39, 0.29) is 17.2 Å².